The van der Waals surface area contributed by atoms with Crippen LogP contribution in [0.15, 0.2) is 6.33 Å². The maximum Gasteiger partial charge on any atom is 0.138 e. The minimum Gasteiger partial charge on any atom is -0.233 e. The molecule has 0 spiro atoms. The second-order valence-electron chi connectivity index (χ2n) is 2.99. The molecular weight excluding hydrogens is 152 g/mol. The van der Waals surface area contributed by atoms with Crippen LogP contribution in [0.3, 0.4) is 0 Å². The number of aryl methyl sites for hydroxylation is 1. The fourth-order valence-corrected chi connectivity index (χ4v) is 1.16. The van der Waals surface area contributed by atoms with Gasteiger partial charge in [-0.3, -0.25) is 0 Å². The Labute approximate surface area is 73.0 Å². The summed E-state index contributed by atoms with van der Waals surface area (Å²) in [6.07, 6.45) is 8.11. The molecule has 68 valence electrons. The highest BCUT2D eigenvalue weighted by Crippen LogP contribution is 2.02. The summed E-state index contributed by atoms with van der Waals surface area (Å²) in [5.74, 6) is 0. The molecule has 1 heterocycles. The summed E-state index contributed by atoms with van der Waals surface area (Å²) in [5, 5.41) is 10.9. The predicted molar refractivity (Wildman–Crippen MR) is 46.6 cm³/mol. The molecule has 0 bridgehead atoms. The van der Waals surface area contributed by atoms with Crippen LogP contribution in [0.4, 0.5) is 0 Å². The van der Waals surface area contributed by atoms with E-state index in [0.29, 0.717) is 0 Å². The van der Waals surface area contributed by atoms with Crippen molar-refractivity contribution in [2.45, 2.75) is 45.6 Å². The number of tetrazole rings is 1. The third-order valence-corrected chi connectivity index (χ3v) is 1.88. The van der Waals surface area contributed by atoms with E-state index in [1.165, 1.54) is 32.1 Å². The van der Waals surface area contributed by atoms with Crippen molar-refractivity contribution in [3.63, 3.8) is 0 Å². The van der Waals surface area contributed by atoms with Gasteiger partial charge in [-0.05, 0) is 16.8 Å². The van der Waals surface area contributed by atoms with Crippen molar-refractivity contribution in [2.24, 2.45) is 0 Å². The number of hydrogen-bond donors (Lipinski definition) is 0. The number of hydrogen-bond acceptors (Lipinski definition) is 3. The predicted octanol–water partition coefficient (Wildman–Crippen LogP) is 1.64. The van der Waals surface area contributed by atoms with Crippen molar-refractivity contribution < 1.29 is 0 Å². The highest BCUT2D eigenvalue weighted by atomic mass is 15.5. The second kappa shape index (κ2) is 5.69. The molecule has 0 amide bonds. The van der Waals surface area contributed by atoms with E-state index in [1.807, 2.05) is 0 Å². The lowest BCUT2D eigenvalue weighted by Crippen LogP contribution is -1.98. The fraction of sp³-hybridized carbons (Fsp3) is 0.875. The third-order valence-electron chi connectivity index (χ3n) is 1.88. The van der Waals surface area contributed by atoms with Gasteiger partial charge in [-0.15, -0.1) is 5.10 Å². The van der Waals surface area contributed by atoms with E-state index >= 15 is 0 Å². The molecule has 0 atom stereocenters. The topological polar surface area (TPSA) is 43.6 Å². The molecule has 0 aliphatic rings. The average Bonchev–Trinajstić information content (AvgIpc) is 2.57. The van der Waals surface area contributed by atoms with Gasteiger partial charge in [0.25, 0.3) is 0 Å². The monoisotopic (exact) mass is 168 g/mol. The van der Waals surface area contributed by atoms with Crippen LogP contribution < -0.4 is 0 Å². The average molecular weight is 168 g/mol. The maximum absolute atomic E-state index is 3.79. The molecule has 0 N–H and O–H groups in total. The van der Waals surface area contributed by atoms with Gasteiger partial charge in [-0.2, -0.15) is 0 Å². The number of rotatable bonds is 6. The maximum atomic E-state index is 3.79. The molecule has 4 heteroatoms. The number of aromatic nitrogens is 4. The van der Waals surface area contributed by atoms with Crippen molar-refractivity contribution in [2.75, 3.05) is 0 Å². The summed E-state index contributed by atoms with van der Waals surface area (Å²) >= 11 is 0. The zero-order valence-corrected chi connectivity index (χ0v) is 7.61. The first kappa shape index (κ1) is 9.16. The van der Waals surface area contributed by atoms with Crippen LogP contribution in [0.25, 0.3) is 0 Å². The van der Waals surface area contributed by atoms with E-state index < -0.39 is 0 Å². The lowest BCUT2D eigenvalue weighted by atomic mass is 10.1. The second-order valence-corrected chi connectivity index (χ2v) is 2.99. The summed E-state index contributed by atoms with van der Waals surface area (Å²) in [4.78, 5) is 0. The van der Waals surface area contributed by atoms with E-state index in [0.717, 1.165) is 6.54 Å². The van der Waals surface area contributed by atoms with E-state index in [-0.39, 0.29) is 0 Å². The fourth-order valence-electron chi connectivity index (χ4n) is 1.16. The van der Waals surface area contributed by atoms with Gasteiger partial charge in [0.15, 0.2) is 0 Å². The Kier molecular flexibility index (Phi) is 4.34. The van der Waals surface area contributed by atoms with Gasteiger partial charge >= 0.3 is 0 Å². The van der Waals surface area contributed by atoms with Crippen molar-refractivity contribution >= 4 is 0 Å². The Morgan fingerprint density at radius 1 is 1.17 bits per heavy atom. The minimum atomic E-state index is 0.955. The molecule has 1 aromatic heterocycles. The first-order chi connectivity index (χ1) is 5.93. The Morgan fingerprint density at radius 3 is 2.67 bits per heavy atom. The van der Waals surface area contributed by atoms with Gasteiger partial charge in [0.1, 0.15) is 6.33 Å². The molecule has 0 radical (unpaired) electrons. The molecule has 0 unspecified atom stereocenters. The summed E-state index contributed by atoms with van der Waals surface area (Å²) < 4.78 is 1.78. The summed E-state index contributed by atoms with van der Waals surface area (Å²) in [5.41, 5.74) is 0. The van der Waals surface area contributed by atoms with E-state index in [1.54, 1.807) is 11.0 Å². The van der Waals surface area contributed by atoms with E-state index in [2.05, 4.69) is 22.4 Å². The number of unbranched alkanes of at least 4 members (excludes halogenated alkanes) is 4. The first-order valence-corrected chi connectivity index (χ1v) is 4.64. The highest BCUT2D eigenvalue weighted by Gasteiger charge is 1.92. The van der Waals surface area contributed by atoms with Crippen molar-refractivity contribution in [3.05, 3.63) is 6.33 Å². The van der Waals surface area contributed by atoms with Crippen LogP contribution in [0.1, 0.15) is 39.0 Å². The quantitative estimate of drug-likeness (QED) is 0.606. The zero-order chi connectivity index (χ0) is 8.65. The lowest BCUT2D eigenvalue weighted by Gasteiger charge is -1.98. The molecular formula is C8H16N4. The first-order valence-electron chi connectivity index (χ1n) is 4.64. The molecule has 0 fully saturated rings. The van der Waals surface area contributed by atoms with Gasteiger partial charge in [0.2, 0.25) is 0 Å². The molecule has 0 aliphatic carbocycles. The van der Waals surface area contributed by atoms with Crippen molar-refractivity contribution in [1.29, 1.82) is 0 Å². The number of nitrogens with zero attached hydrogens (tertiary/aromatic N) is 4. The highest BCUT2D eigenvalue weighted by molar-refractivity contribution is 4.48. The Morgan fingerprint density at radius 2 is 2.00 bits per heavy atom. The lowest BCUT2D eigenvalue weighted by molar-refractivity contribution is 0.521. The molecule has 4 nitrogen and oxygen atoms in total. The Bertz CT molecular complexity index is 183. The zero-order valence-electron chi connectivity index (χ0n) is 7.61. The van der Waals surface area contributed by atoms with Gasteiger partial charge in [0.05, 0.1) is 0 Å². The summed E-state index contributed by atoms with van der Waals surface area (Å²) in [6, 6.07) is 0. The summed E-state index contributed by atoms with van der Waals surface area (Å²) in [7, 11) is 0. The van der Waals surface area contributed by atoms with E-state index in [9.17, 15) is 0 Å². The van der Waals surface area contributed by atoms with Crippen molar-refractivity contribution in [1.82, 2.24) is 20.2 Å². The van der Waals surface area contributed by atoms with Crippen LogP contribution in [0.5, 0.6) is 0 Å². The van der Waals surface area contributed by atoms with Gasteiger partial charge in [-0.25, -0.2) is 4.68 Å². The van der Waals surface area contributed by atoms with Crippen LogP contribution >= 0.6 is 0 Å². The minimum absolute atomic E-state index is 0.955. The van der Waals surface area contributed by atoms with Gasteiger partial charge in [-0.1, -0.05) is 32.6 Å². The molecule has 0 aromatic carbocycles. The van der Waals surface area contributed by atoms with Crippen LogP contribution in [0, 0.1) is 0 Å². The SMILES string of the molecule is CCCCCCCn1cnnn1. The Balaban J connectivity index is 1.96. The Hall–Kier alpha value is -0.930. The van der Waals surface area contributed by atoms with Crippen molar-refractivity contribution in [3.8, 4) is 0 Å². The molecule has 1 rings (SSSR count). The van der Waals surface area contributed by atoms with Crippen LogP contribution in [-0.2, 0) is 6.54 Å². The molecule has 0 saturated heterocycles. The van der Waals surface area contributed by atoms with Crippen LogP contribution in [0.2, 0.25) is 0 Å². The van der Waals surface area contributed by atoms with Crippen LogP contribution in [-0.4, -0.2) is 20.2 Å². The molecule has 0 saturated carbocycles. The summed E-state index contributed by atoms with van der Waals surface area (Å²) in [6.45, 7) is 3.18. The standard InChI is InChI=1S/C8H16N4/c1-2-3-4-5-6-7-12-8-9-10-11-12/h8H,2-7H2,1H3. The molecule has 12 heavy (non-hydrogen) atoms. The molecule has 1 aromatic rings. The largest absolute Gasteiger partial charge is 0.233 e. The van der Waals surface area contributed by atoms with Gasteiger partial charge in [0, 0.05) is 6.54 Å². The van der Waals surface area contributed by atoms with Gasteiger partial charge < -0.3 is 0 Å². The third kappa shape index (κ3) is 3.46. The molecule has 0 aliphatic heterocycles. The normalized spacial score (nSPS) is 10.4. The van der Waals surface area contributed by atoms with E-state index in [4.69, 9.17) is 0 Å². The smallest absolute Gasteiger partial charge is 0.138 e.